The summed E-state index contributed by atoms with van der Waals surface area (Å²) in [7, 11) is 1.53. The number of nitriles is 1. The van der Waals surface area contributed by atoms with Crippen molar-refractivity contribution in [2.75, 3.05) is 30.8 Å². The molecule has 2 aromatic heterocycles. The number of methoxy groups -OCH3 is 1. The molecule has 202 valence electrons. The van der Waals surface area contributed by atoms with Crippen molar-refractivity contribution in [2.24, 2.45) is 0 Å². The van der Waals surface area contributed by atoms with Crippen LogP contribution in [0.4, 0.5) is 17.1 Å². The van der Waals surface area contributed by atoms with E-state index in [0.717, 1.165) is 37.2 Å². The maximum atomic E-state index is 12.8. The summed E-state index contributed by atoms with van der Waals surface area (Å²) in [4.78, 5) is 21.5. The Labute approximate surface area is 236 Å². The van der Waals surface area contributed by atoms with E-state index in [0.29, 0.717) is 50.1 Å². The molecule has 1 aliphatic heterocycles. The SMILES string of the molecule is COc1cc2ncc(C#N)c(Nc3ccc(OCc4ccccn4)c(Cl)c3)c2cc1NC(=O)C=C1CCNCC1. The average molecular weight is 555 g/mol. The van der Waals surface area contributed by atoms with E-state index in [1.165, 1.54) is 13.3 Å². The predicted molar refractivity (Wildman–Crippen MR) is 155 cm³/mol. The summed E-state index contributed by atoms with van der Waals surface area (Å²) >= 11 is 6.52. The Morgan fingerprint density at radius 1 is 1.15 bits per heavy atom. The zero-order valence-electron chi connectivity index (χ0n) is 21.8. The Morgan fingerprint density at radius 2 is 2.00 bits per heavy atom. The summed E-state index contributed by atoms with van der Waals surface area (Å²) in [5.41, 5.74) is 4.45. The topological polar surface area (TPSA) is 121 Å². The van der Waals surface area contributed by atoms with E-state index in [4.69, 9.17) is 21.1 Å². The first kappa shape index (κ1) is 26.9. The molecule has 0 spiro atoms. The minimum absolute atomic E-state index is 0.235. The first-order chi connectivity index (χ1) is 19.5. The standard InChI is InChI=1S/C30H27ClN6O3/c1-39-28-15-25-23(14-26(28)37-29(38)12-19-7-10-33-11-8-19)30(20(16-32)17-35-25)36-21-5-6-27(24(31)13-21)40-18-22-4-2-3-9-34-22/h2-6,9,12-15,17,33H,7-8,10-11,18H2,1H3,(H,35,36)(H,37,38). The van der Waals surface area contributed by atoms with Gasteiger partial charge in [-0.2, -0.15) is 5.26 Å². The van der Waals surface area contributed by atoms with Gasteiger partial charge in [0.15, 0.2) is 0 Å². The lowest BCUT2D eigenvalue weighted by Crippen LogP contribution is -2.24. The fourth-order valence-electron chi connectivity index (χ4n) is 4.43. The number of halogens is 1. The lowest BCUT2D eigenvalue weighted by atomic mass is 10.0. The Bertz CT molecular complexity index is 1610. The number of nitrogens with one attached hydrogen (secondary N) is 3. The van der Waals surface area contributed by atoms with Crippen LogP contribution < -0.4 is 25.4 Å². The van der Waals surface area contributed by atoms with Crippen molar-refractivity contribution in [3.05, 3.63) is 88.9 Å². The van der Waals surface area contributed by atoms with Gasteiger partial charge >= 0.3 is 0 Å². The molecular formula is C30H27ClN6O3. The number of carbonyl (C=O) groups is 1. The highest BCUT2D eigenvalue weighted by Gasteiger charge is 2.16. The lowest BCUT2D eigenvalue weighted by Gasteiger charge is -2.17. The maximum absolute atomic E-state index is 12.8. The van der Waals surface area contributed by atoms with Crippen LogP contribution in [0.2, 0.25) is 5.02 Å². The molecule has 5 rings (SSSR count). The summed E-state index contributed by atoms with van der Waals surface area (Å²) in [5.74, 6) is 0.738. The largest absolute Gasteiger partial charge is 0.494 e. The molecule has 0 unspecified atom stereocenters. The normalized spacial score (nSPS) is 12.9. The van der Waals surface area contributed by atoms with Crippen LogP contribution in [0.1, 0.15) is 24.1 Å². The van der Waals surface area contributed by atoms with Crippen LogP contribution in [0, 0.1) is 11.3 Å². The number of anilines is 3. The van der Waals surface area contributed by atoms with Gasteiger partial charge in [0, 0.05) is 35.6 Å². The number of pyridine rings is 2. The van der Waals surface area contributed by atoms with E-state index in [1.54, 1.807) is 36.5 Å². The Hall–Kier alpha value is -4.65. The molecule has 3 heterocycles. The van der Waals surface area contributed by atoms with Crippen molar-refractivity contribution in [1.29, 1.82) is 5.26 Å². The monoisotopic (exact) mass is 554 g/mol. The minimum atomic E-state index is -0.235. The maximum Gasteiger partial charge on any atom is 0.248 e. The Morgan fingerprint density at radius 3 is 2.73 bits per heavy atom. The van der Waals surface area contributed by atoms with Crippen LogP contribution in [0.5, 0.6) is 11.5 Å². The molecule has 3 N–H and O–H groups in total. The van der Waals surface area contributed by atoms with E-state index >= 15 is 0 Å². The van der Waals surface area contributed by atoms with Crippen molar-refractivity contribution in [3.8, 4) is 17.6 Å². The van der Waals surface area contributed by atoms with Crippen LogP contribution in [0.25, 0.3) is 10.9 Å². The van der Waals surface area contributed by atoms with E-state index in [1.807, 2.05) is 24.3 Å². The smallest absolute Gasteiger partial charge is 0.248 e. The number of hydrogen-bond acceptors (Lipinski definition) is 8. The molecule has 1 aliphatic rings. The van der Waals surface area contributed by atoms with Crippen LogP contribution in [0.15, 0.2) is 72.6 Å². The fourth-order valence-corrected chi connectivity index (χ4v) is 4.66. The molecule has 1 saturated heterocycles. The number of nitrogens with zero attached hydrogens (tertiary/aromatic N) is 3. The lowest BCUT2D eigenvalue weighted by molar-refractivity contribution is -0.112. The second kappa shape index (κ2) is 12.5. The van der Waals surface area contributed by atoms with Gasteiger partial charge < -0.3 is 25.4 Å². The van der Waals surface area contributed by atoms with Gasteiger partial charge in [0.05, 0.1) is 40.3 Å². The molecule has 1 amide bonds. The van der Waals surface area contributed by atoms with Crippen molar-refractivity contribution in [1.82, 2.24) is 15.3 Å². The van der Waals surface area contributed by atoms with E-state index < -0.39 is 0 Å². The molecule has 2 aromatic carbocycles. The van der Waals surface area contributed by atoms with Crippen LogP contribution >= 0.6 is 11.6 Å². The van der Waals surface area contributed by atoms with Crippen LogP contribution in [-0.4, -0.2) is 36.1 Å². The third-order valence-electron chi connectivity index (χ3n) is 6.45. The van der Waals surface area contributed by atoms with Gasteiger partial charge in [-0.05, 0) is 62.3 Å². The molecule has 4 aromatic rings. The molecular weight excluding hydrogens is 528 g/mol. The third kappa shape index (κ3) is 6.31. The summed E-state index contributed by atoms with van der Waals surface area (Å²) in [6.45, 7) is 2.00. The number of fused-ring (bicyclic) bond motifs is 1. The highest BCUT2D eigenvalue weighted by atomic mass is 35.5. The Kier molecular flexibility index (Phi) is 8.40. The minimum Gasteiger partial charge on any atom is -0.494 e. The summed E-state index contributed by atoms with van der Waals surface area (Å²) in [5, 5.41) is 20.4. The highest BCUT2D eigenvalue weighted by molar-refractivity contribution is 6.32. The van der Waals surface area contributed by atoms with Gasteiger partial charge in [-0.1, -0.05) is 23.2 Å². The second-order valence-corrected chi connectivity index (χ2v) is 9.56. The van der Waals surface area contributed by atoms with E-state index in [2.05, 4.69) is 32.0 Å². The van der Waals surface area contributed by atoms with Gasteiger partial charge in [0.2, 0.25) is 5.91 Å². The summed E-state index contributed by atoms with van der Waals surface area (Å²) < 4.78 is 11.4. The van der Waals surface area contributed by atoms with Gasteiger partial charge in [0.25, 0.3) is 0 Å². The molecule has 0 radical (unpaired) electrons. The van der Waals surface area contributed by atoms with Gasteiger partial charge in [0.1, 0.15) is 24.2 Å². The zero-order chi connectivity index (χ0) is 27.9. The predicted octanol–water partition coefficient (Wildman–Crippen LogP) is 5.73. The number of piperidine rings is 1. The molecule has 10 heteroatoms. The molecule has 0 aliphatic carbocycles. The fraction of sp³-hybridized carbons (Fsp3) is 0.200. The van der Waals surface area contributed by atoms with Crippen molar-refractivity contribution < 1.29 is 14.3 Å². The second-order valence-electron chi connectivity index (χ2n) is 9.15. The van der Waals surface area contributed by atoms with Gasteiger partial charge in [-0.25, -0.2) is 0 Å². The third-order valence-corrected chi connectivity index (χ3v) is 6.75. The number of ether oxygens (including phenoxy) is 2. The molecule has 0 atom stereocenters. The summed E-state index contributed by atoms with van der Waals surface area (Å²) in [6, 6.07) is 16.6. The van der Waals surface area contributed by atoms with Gasteiger partial charge in [-0.3, -0.25) is 14.8 Å². The number of carbonyl (C=O) groups excluding carboxylic acids is 1. The van der Waals surface area contributed by atoms with Crippen molar-refractivity contribution >= 4 is 45.5 Å². The summed E-state index contributed by atoms with van der Waals surface area (Å²) in [6.07, 6.45) is 6.52. The zero-order valence-corrected chi connectivity index (χ0v) is 22.6. The molecule has 9 nitrogen and oxygen atoms in total. The first-order valence-corrected chi connectivity index (χ1v) is 13.1. The Balaban J connectivity index is 1.43. The number of rotatable bonds is 8. The van der Waals surface area contributed by atoms with Crippen molar-refractivity contribution in [3.63, 3.8) is 0 Å². The van der Waals surface area contributed by atoms with Crippen LogP contribution in [-0.2, 0) is 11.4 Å². The van der Waals surface area contributed by atoms with Crippen molar-refractivity contribution in [2.45, 2.75) is 19.4 Å². The van der Waals surface area contributed by atoms with E-state index in [-0.39, 0.29) is 12.5 Å². The molecule has 40 heavy (non-hydrogen) atoms. The highest BCUT2D eigenvalue weighted by Crippen LogP contribution is 2.37. The molecule has 1 fully saturated rings. The molecule has 0 bridgehead atoms. The quantitative estimate of drug-likeness (QED) is 0.236. The number of amides is 1. The van der Waals surface area contributed by atoms with Crippen LogP contribution in [0.3, 0.4) is 0 Å². The van der Waals surface area contributed by atoms with Gasteiger partial charge in [-0.15, -0.1) is 0 Å². The number of hydrogen-bond donors (Lipinski definition) is 3. The average Bonchev–Trinajstić information content (AvgIpc) is 2.97. The van der Waals surface area contributed by atoms with E-state index in [9.17, 15) is 10.1 Å². The first-order valence-electron chi connectivity index (χ1n) is 12.8. The number of benzene rings is 2. The number of aromatic nitrogens is 2. The molecule has 0 saturated carbocycles.